The van der Waals surface area contributed by atoms with Crippen molar-refractivity contribution in [2.45, 2.75) is 51.2 Å². The van der Waals surface area contributed by atoms with Crippen molar-refractivity contribution < 1.29 is 14.2 Å². The number of hydrogen-bond acceptors (Lipinski definition) is 2. The molecule has 1 heterocycles. The van der Waals surface area contributed by atoms with Gasteiger partial charge >= 0.3 is 0 Å². The van der Waals surface area contributed by atoms with Gasteiger partial charge in [0.15, 0.2) is 0 Å². The molecule has 19 heavy (non-hydrogen) atoms. The number of halogens is 1. The summed E-state index contributed by atoms with van der Waals surface area (Å²) in [6.07, 6.45) is 3.10. The summed E-state index contributed by atoms with van der Waals surface area (Å²) in [5.41, 5.74) is 0.421. The van der Waals surface area contributed by atoms with Crippen molar-refractivity contribution >= 4 is 0 Å². The first-order valence-corrected chi connectivity index (χ1v) is 7.16. The van der Waals surface area contributed by atoms with E-state index >= 15 is 0 Å². The van der Waals surface area contributed by atoms with E-state index in [2.05, 4.69) is 13.8 Å². The van der Waals surface area contributed by atoms with E-state index in [1.807, 2.05) is 0 Å². The monoisotopic (exact) mass is 264 g/mol. The molecule has 1 aliphatic heterocycles. The van der Waals surface area contributed by atoms with E-state index in [1.54, 1.807) is 6.07 Å². The van der Waals surface area contributed by atoms with Crippen LogP contribution >= 0.6 is 0 Å². The molecule has 1 fully saturated rings. The fourth-order valence-electron chi connectivity index (χ4n) is 3.55. The lowest BCUT2D eigenvalue weighted by molar-refractivity contribution is -0.0603. The van der Waals surface area contributed by atoms with E-state index in [0.717, 1.165) is 24.8 Å². The Labute approximate surface area is 113 Å². The Balaban J connectivity index is 1.91. The molecule has 1 N–H and O–H groups in total. The molecule has 0 radical (unpaired) electrons. The lowest BCUT2D eigenvalue weighted by Crippen LogP contribution is -2.46. The number of aliphatic hydroxyl groups is 1. The lowest BCUT2D eigenvalue weighted by atomic mass is 9.69. The van der Waals surface area contributed by atoms with Crippen molar-refractivity contribution in [2.24, 2.45) is 11.8 Å². The first-order valence-electron chi connectivity index (χ1n) is 7.16. The molecule has 1 aromatic carbocycles. The van der Waals surface area contributed by atoms with Crippen LogP contribution in [0.2, 0.25) is 0 Å². The van der Waals surface area contributed by atoms with Crippen LogP contribution in [-0.2, 0) is 0 Å². The summed E-state index contributed by atoms with van der Waals surface area (Å²) in [4.78, 5) is 0. The molecular formula is C16H21FO2. The zero-order chi connectivity index (χ0) is 13.6. The standard InChI is InChI=1S/C16H21FO2/c1-10-5-6-16(8-11(10)2)9-14(18)13-4-3-12(17)7-15(13)19-16/h3-4,7,10-11,14,18H,5-6,8-9H2,1-2H3. The number of benzene rings is 1. The van der Waals surface area contributed by atoms with Crippen LogP contribution in [0.1, 0.15) is 51.2 Å². The van der Waals surface area contributed by atoms with Crippen molar-refractivity contribution in [1.82, 2.24) is 0 Å². The van der Waals surface area contributed by atoms with E-state index in [4.69, 9.17) is 4.74 Å². The fourth-order valence-corrected chi connectivity index (χ4v) is 3.55. The Morgan fingerprint density at radius 1 is 1.26 bits per heavy atom. The second kappa shape index (κ2) is 4.48. The van der Waals surface area contributed by atoms with Gasteiger partial charge in [0, 0.05) is 18.1 Å². The molecule has 1 aliphatic carbocycles. The van der Waals surface area contributed by atoms with Gasteiger partial charge < -0.3 is 9.84 Å². The number of rotatable bonds is 0. The molecule has 4 atom stereocenters. The predicted molar refractivity (Wildman–Crippen MR) is 71.5 cm³/mol. The molecule has 4 unspecified atom stereocenters. The highest BCUT2D eigenvalue weighted by Crippen LogP contribution is 2.48. The Hall–Kier alpha value is -1.09. The van der Waals surface area contributed by atoms with Gasteiger partial charge in [-0.3, -0.25) is 0 Å². The first-order chi connectivity index (χ1) is 8.99. The molecule has 104 valence electrons. The maximum absolute atomic E-state index is 13.4. The molecular weight excluding hydrogens is 243 g/mol. The van der Waals surface area contributed by atoms with Crippen molar-refractivity contribution in [1.29, 1.82) is 0 Å². The maximum atomic E-state index is 13.4. The molecule has 0 saturated heterocycles. The largest absolute Gasteiger partial charge is 0.487 e. The second-order valence-electron chi connectivity index (χ2n) is 6.38. The van der Waals surface area contributed by atoms with Crippen LogP contribution in [0.25, 0.3) is 0 Å². The SMILES string of the molecule is CC1CCC2(CC(O)c3ccc(F)cc3O2)CC1C. The van der Waals surface area contributed by atoms with Crippen molar-refractivity contribution in [3.8, 4) is 5.75 Å². The molecule has 3 heteroatoms. The summed E-state index contributed by atoms with van der Waals surface area (Å²) in [6, 6.07) is 4.42. The summed E-state index contributed by atoms with van der Waals surface area (Å²) in [7, 11) is 0. The minimum absolute atomic E-state index is 0.299. The molecule has 3 rings (SSSR count). The Morgan fingerprint density at radius 3 is 2.79 bits per heavy atom. The molecule has 0 amide bonds. The summed E-state index contributed by atoms with van der Waals surface area (Å²) < 4.78 is 19.5. The van der Waals surface area contributed by atoms with Gasteiger partial charge in [0.1, 0.15) is 17.2 Å². The highest BCUT2D eigenvalue weighted by Gasteiger charge is 2.44. The van der Waals surface area contributed by atoms with Crippen LogP contribution in [0.3, 0.4) is 0 Å². The van der Waals surface area contributed by atoms with Crippen LogP contribution < -0.4 is 4.74 Å². The van der Waals surface area contributed by atoms with Gasteiger partial charge in [-0.15, -0.1) is 0 Å². The van der Waals surface area contributed by atoms with Crippen LogP contribution in [0.15, 0.2) is 18.2 Å². The van der Waals surface area contributed by atoms with Gasteiger partial charge in [0.05, 0.1) is 6.10 Å². The maximum Gasteiger partial charge on any atom is 0.128 e. The molecule has 1 saturated carbocycles. The van der Waals surface area contributed by atoms with Gasteiger partial charge in [-0.25, -0.2) is 4.39 Å². The molecule has 1 aromatic rings. The van der Waals surface area contributed by atoms with Crippen LogP contribution in [-0.4, -0.2) is 10.7 Å². The number of ether oxygens (including phenoxy) is 1. The average molecular weight is 264 g/mol. The zero-order valence-electron chi connectivity index (χ0n) is 11.5. The second-order valence-corrected chi connectivity index (χ2v) is 6.38. The van der Waals surface area contributed by atoms with Crippen LogP contribution in [0.4, 0.5) is 4.39 Å². The number of fused-ring (bicyclic) bond motifs is 1. The van der Waals surface area contributed by atoms with Crippen molar-refractivity contribution in [2.75, 3.05) is 0 Å². The molecule has 2 aliphatic rings. The Morgan fingerprint density at radius 2 is 2.05 bits per heavy atom. The van der Waals surface area contributed by atoms with E-state index in [1.165, 1.54) is 12.1 Å². The van der Waals surface area contributed by atoms with Crippen molar-refractivity contribution in [3.63, 3.8) is 0 Å². The third kappa shape index (κ3) is 2.25. The third-order valence-corrected chi connectivity index (χ3v) is 4.95. The predicted octanol–water partition coefficient (Wildman–Crippen LogP) is 3.84. The molecule has 2 nitrogen and oxygen atoms in total. The minimum atomic E-state index is -0.537. The summed E-state index contributed by atoms with van der Waals surface area (Å²) in [5.74, 6) is 1.50. The van der Waals surface area contributed by atoms with Gasteiger partial charge in [-0.2, -0.15) is 0 Å². The summed E-state index contributed by atoms with van der Waals surface area (Å²) >= 11 is 0. The topological polar surface area (TPSA) is 29.5 Å². The summed E-state index contributed by atoms with van der Waals surface area (Å²) in [6.45, 7) is 4.51. The molecule has 1 spiro atoms. The van der Waals surface area contributed by atoms with Crippen LogP contribution in [0.5, 0.6) is 5.75 Å². The average Bonchev–Trinajstić information content (AvgIpc) is 2.34. The van der Waals surface area contributed by atoms with Gasteiger partial charge in [0.2, 0.25) is 0 Å². The first kappa shape index (κ1) is 12.9. The third-order valence-electron chi connectivity index (χ3n) is 4.95. The van der Waals surface area contributed by atoms with E-state index in [9.17, 15) is 9.50 Å². The van der Waals surface area contributed by atoms with E-state index < -0.39 is 6.10 Å². The minimum Gasteiger partial charge on any atom is -0.487 e. The Bertz CT molecular complexity index is 488. The quantitative estimate of drug-likeness (QED) is 0.771. The van der Waals surface area contributed by atoms with E-state index in [0.29, 0.717) is 24.0 Å². The molecule has 0 bridgehead atoms. The highest BCUT2D eigenvalue weighted by molar-refractivity contribution is 5.38. The van der Waals surface area contributed by atoms with Crippen molar-refractivity contribution in [3.05, 3.63) is 29.6 Å². The normalized spacial score (nSPS) is 37.8. The van der Waals surface area contributed by atoms with Gasteiger partial charge in [0.25, 0.3) is 0 Å². The molecule has 0 aromatic heterocycles. The smallest absolute Gasteiger partial charge is 0.128 e. The number of hydrogen-bond donors (Lipinski definition) is 1. The number of aliphatic hydroxyl groups excluding tert-OH is 1. The van der Waals surface area contributed by atoms with Crippen LogP contribution in [0, 0.1) is 17.7 Å². The van der Waals surface area contributed by atoms with Gasteiger partial charge in [-0.05, 0) is 43.2 Å². The fraction of sp³-hybridized carbons (Fsp3) is 0.625. The van der Waals surface area contributed by atoms with E-state index in [-0.39, 0.29) is 11.4 Å². The Kier molecular flexibility index (Phi) is 3.05. The van der Waals surface area contributed by atoms with Gasteiger partial charge in [-0.1, -0.05) is 13.8 Å². The summed E-state index contributed by atoms with van der Waals surface area (Å²) in [5, 5.41) is 10.3. The highest BCUT2D eigenvalue weighted by atomic mass is 19.1. The zero-order valence-corrected chi connectivity index (χ0v) is 11.5. The lowest BCUT2D eigenvalue weighted by Gasteiger charge is -2.46.